The van der Waals surface area contributed by atoms with Gasteiger partial charge in [-0.1, -0.05) is 0 Å². The number of aromatic nitrogens is 2. The lowest BCUT2D eigenvalue weighted by atomic mass is 10.1. The lowest BCUT2D eigenvalue weighted by Gasteiger charge is -2.32. The summed E-state index contributed by atoms with van der Waals surface area (Å²) in [7, 11) is 1.53. The molecule has 156 valence electrons. The zero-order chi connectivity index (χ0) is 20.6. The minimum atomic E-state index is -0.553. The maximum Gasteiger partial charge on any atom is 0.267 e. The van der Waals surface area contributed by atoms with Gasteiger partial charge in [0.05, 0.1) is 13.7 Å². The molecule has 1 aliphatic heterocycles. The average Bonchev–Trinajstić information content (AvgIpc) is 2.74. The van der Waals surface area contributed by atoms with Crippen LogP contribution in [0.5, 0.6) is 11.5 Å². The lowest BCUT2D eigenvalue weighted by molar-refractivity contribution is 0.0995. The number of nitrogens with one attached hydrogen (secondary N) is 1. The molecule has 0 aliphatic carbocycles. The van der Waals surface area contributed by atoms with E-state index in [2.05, 4.69) is 20.2 Å². The molecular formula is C20H26FN5O3. The standard InChI is InChI=1S/C20H26FN5O3/c1-28-17-4-3-14(21)13-18(17)29-12-2-8-23-15-6-10-26(11-7-15)20-24-9-5-16(25-20)19(22)27/h3-5,9,13,15,23H,2,6-8,10-12H2,1H3,(H2,22,27). The van der Waals surface area contributed by atoms with Crippen molar-refractivity contribution in [2.45, 2.75) is 25.3 Å². The maximum absolute atomic E-state index is 13.3. The van der Waals surface area contributed by atoms with Crippen LogP contribution in [0.15, 0.2) is 30.5 Å². The van der Waals surface area contributed by atoms with Crippen molar-refractivity contribution in [3.8, 4) is 11.5 Å². The van der Waals surface area contributed by atoms with E-state index >= 15 is 0 Å². The molecule has 0 atom stereocenters. The summed E-state index contributed by atoms with van der Waals surface area (Å²) in [5, 5.41) is 3.52. The molecule has 1 amide bonds. The molecule has 3 N–H and O–H groups in total. The van der Waals surface area contributed by atoms with Crippen molar-refractivity contribution in [1.82, 2.24) is 15.3 Å². The van der Waals surface area contributed by atoms with Crippen LogP contribution < -0.4 is 25.4 Å². The summed E-state index contributed by atoms with van der Waals surface area (Å²) < 4.78 is 24.1. The molecule has 1 aliphatic rings. The Morgan fingerprint density at radius 2 is 2.10 bits per heavy atom. The highest BCUT2D eigenvalue weighted by atomic mass is 19.1. The molecule has 29 heavy (non-hydrogen) atoms. The largest absolute Gasteiger partial charge is 0.493 e. The van der Waals surface area contributed by atoms with Crippen LogP contribution in [0, 0.1) is 5.82 Å². The van der Waals surface area contributed by atoms with Crippen LogP contribution in [0.25, 0.3) is 0 Å². The van der Waals surface area contributed by atoms with Gasteiger partial charge in [-0.25, -0.2) is 14.4 Å². The van der Waals surface area contributed by atoms with E-state index in [0.717, 1.165) is 38.9 Å². The molecule has 0 spiro atoms. The zero-order valence-corrected chi connectivity index (χ0v) is 16.4. The number of halogens is 1. The van der Waals surface area contributed by atoms with E-state index in [0.29, 0.717) is 30.1 Å². The van der Waals surface area contributed by atoms with Crippen molar-refractivity contribution < 1.29 is 18.7 Å². The van der Waals surface area contributed by atoms with Crippen LogP contribution in [0.4, 0.5) is 10.3 Å². The van der Waals surface area contributed by atoms with E-state index in [9.17, 15) is 9.18 Å². The molecule has 2 aromatic rings. The second kappa shape index (κ2) is 10.0. The molecular weight excluding hydrogens is 377 g/mol. The summed E-state index contributed by atoms with van der Waals surface area (Å²) in [6.45, 7) is 2.88. The third-order valence-corrected chi connectivity index (χ3v) is 4.81. The molecule has 0 saturated carbocycles. The Bertz CT molecular complexity index is 828. The van der Waals surface area contributed by atoms with Gasteiger partial charge >= 0.3 is 0 Å². The fourth-order valence-corrected chi connectivity index (χ4v) is 3.25. The van der Waals surface area contributed by atoms with Crippen LogP contribution in [0.1, 0.15) is 29.8 Å². The number of anilines is 1. The number of methoxy groups -OCH3 is 1. The number of benzene rings is 1. The van der Waals surface area contributed by atoms with E-state index in [-0.39, 0.29) is 11.5 Å². The number of rotatable bonds is 9. The first-order chi connectivity index (χ1) is 14.1. The predicted molar refractivity (Wildman–Crippen MR) is 107 cm³/mol. The normalized spacial score (nSPS) is 14.6. The molecule has 1 fully saturated rings. The fraction of sp³-hybridized carbons (Fsp3) is 0.450. The molecule has 3 rings (SSSR count). The smallest absolute Gasteiger partial charge is 0.267 e. The Morgan fingerprint density at radius 3 is 2.83 bits per heavy atom. The van der Waals surface area contributed by atoms with Crippen LogP contribution in [0.2, 0.25) is 0 Å². The Labute approximate surface area is 169 Å². The van der Waals surface area contributed by atoms with Crippen LogP contribution in [-0.2, 0) is 0 Å². The van der Waals surface area contributed by atoms with Crippen LogP contribution in [0.3, 0.4) is 0 Å². The third kappa shape index (κ3) is 5.77. The summed E-state index contributed by atoms with van der Waals surface area (Å²) in [5.74, 6) is 0.574. The van der Waals surface area contributed by atoms with Crippen molar-refractivity contribution in [2.75, 3.05) is 38.3 Å². The number of primary amides is 1. The predicted octanol–water partition coefficient (Wildman–Crippen LogP) is 1.75. The van der Waals surface area contributed by atoms with Gasteiger partial charge in [-0.3, -0.25) is 4.79 Å². The number of hydrogen-bond donors (Lipinski definition) is 2. The number of ether oxygens (including phenoxy) is 2. The molecule has 0 radical (unpaired) electrons. The van der Waals surface area contributed by atoms with Gasteiger partial charge in [-0.05, 0) is 44.0 Å². The minimum absolute atomic E-state index is 0.227. The monoisotopic (exact) mass is 403 g/mol. The molecule has 2 heterocycles. The molecule has 1 aromatic carbocycles. The molecule has 8 nitrogen and oxygen atoms in total. The highest BCUT2D eigenvalue weighted by molar-refractivity contribution is 5.90. The van der Waals surface area contributed by atoms with Gasteiger partial charge in [0, 0.05) is 31.4 Å². The van der Waals surface area contributed by atoms with Gasteiger partial charge in [-0.15, -0.1) is 0 Å². The number of nitrogens with zero attached hydrogens (tertiary/aromatic N) is 3. The highest BCUT2D eigenvalue weighted by Crippen LogP contribution is 2.27. The zero-order valence-electron chi connectivity index (χ0n) is 16.4. The Morgan fingerprint density at radius 1 is 1.31 bits per heavy atom. The van der Waals surface area contributed by atoms with Gasteiger partial charge < -0.3 is 25.4 Å². The van der Waals surface area contributed by atoms with Crippen molar-refractivity contribution >= 4 is 11.9 Å². The van der Waals surface area contributed by atoms with Gasteiger partial charge in [0.25, 0.3) is 5.91 Å². The fourth-order valence-electron chi connectivity index (χ4n) is 3.25. The SMILES string of the molecule is COc1ccc(F)cc1OCCCNC1CCN(c2nccc(C(N)=O)n2)CC1. The maximum atomic E-state index is 13.3. The molecule has 1 saturated heterocycles. The number of nitrogens with two attached hydrogens (primary N) is 1. The van der Waals surface area contributed by atoms with Crippen molar-refractivity contribution in [3.63, 3.8) is 0 Å². The summed E-state index contributed by atoms with van der Waals surface area (Å²) in [6, 6.07) is 6.14. The number of carbonyl (C=O) groups is 1. The number of amides is 1. The van der Waals surface area contributed by atoms with Crippen molar-refractivity contribution in [2.24, 2.45) is 5.73 Å². The number of piperidine rings is 1. The van der Waals surface area contributed by atoms with Crippen molar-refractivity contribution in [1.29, 1.82) is 0 Å². The van der Waals surface area contributed by atoms with Crippen molar-refractivity contribution in [3.05, 3.63) is 42.0 Å². The van der Waals surface area contributed by atoms with Gasteiger partial charge in [0.1, 0.15) is 11.5 Å². The van der Waals surface area contributed by atoms with E-state index in [1.165, 1.54) is 25.3 Å². The quantitative estimate of drug-likeness (QED) is 0.615. The minimum Gasteiger partial charge on any atom is -0.493 e. The Kier molecular flexibility index (Phi) is 7.18. The van der Waals surface area contributed by atoms with E-state index in [1.807, 2.05) is 0 Å². The Balaban J connectivity index is 1.37. The first-order valence-corrected chi connectivity index (χ1v) is 9.64. The van der Waals surface area contributed by atoms with Crippen LogP contribution in [-0.4, -0.2) is 55.3 Å². The number of carbonyl (C=O) groups excluding carboxylic acids is 1. The third-order valence-electron chi connectivity index (χ3n) is 4.81. The topological polar surface area (TPSA) is 103 Å². The summed E-state index contributed by atoms with van der Waals surface area (Å²) in [4.78, 5) is 21.8. The summed E-state index contributed by atoms with van der Waals surface area (Å²) in [6.07, 6.45) is 4.25. The van der Waals surface area contributed by atoms with Crippen LogP contribution >= 0.6 is 0 Å². The summed E-state index contributed by atoms with van der Waals surface area (Å²) in [5.41, 5.74) is 5.51. The lowest BCUT2D eigenvalue weighted by Crippen LogP contribution is -2.43. The second-order valence-electron chi connectivity index (χ2n) is 6.82. The summed E-state index contributed by atoms with van der Waals surface area (Å²) >= 11 is 0. The van der Waals surface area contributed by atoms with Gasteiger partial charge in [0.2, 0.25) is 5.95 Å². The van der Waals surface area contributed by atoms with Gasteiger partial charge in [-0.2, -0.15) is 0 Å². The highest BCUT2D eigenvalue weighted by Gasteiger charge is 2.21. The molecule has 1 aromatic heterocycles. The first kappa shape index (κ1) is 20.8. The molecule has 0 unspecified atom stereocenters. The molecule has 9 heteroatoms. The van der Waals surface area contributed by atoms with Gasteiger partial charge in [0.15, 0.2) is 11.5 Å². The average molecular weight is 403 g/mol. The molecule has 0 bridgehead atoms. The second-order valence-corrected chi connectivity index (χ2v) is 6.82. The van der Waals surface area contributed by atoms with E-state index in [4.69, 9.17) is 15.2 Å². The van der Waals surface area contributed by atoms with E-state index in [1.54, 1.807) is 12.3 Å². The number of hydrogen-bond acceptors (Lipinski definition) is 7. The Hall–Kier alpha value is -2.94. The van der Waals surface area contributed by atoms with E-state index < -0.39 is 5.91 Å². The first-order valence-electron chi connectivity index (χ1n) is 9.64.